The number of carbonyl (C=O) groups excluding carboxylic acids is 1. The van der Waals surface area contributed by atoms with E-state index in [4.69, 9.17) is 5.11 Å². The van der Waals surface area contributed by atoms with Crippen molar-refractivity contribution < 1.29 is 24.4 Å². The van der Waals surface area contributed by atoms with Gasteiger partial charge in [0.1, 0.15) is 6.20 Å². The molecule has 2 heterocycles. The lowest BCUT2D eigenvalue weighted by atomic mass is 10.4. The van der Waals surface area contributed by atoms with Crippen molar-refractivity contribution in [3.63, 3.8) is 0 Å². The van der Waals surface area contributed by atoms with Crippen molar-refractivity contribution in [2.24, 2.45) is 0 Å². The van der Waals surface area contributed by atoms with E-state index in [-0.39, 0.29) is 11.5 Å². The third-order valence-electron chi connectivity index (χ3n) is 2.35. The Morgan fingerprint density at radius 1 is 1.43 bits per heavy atom. The molecule has 0 fully saturated rings. The Kier molecular flexibility index (Phi) is 3.56. The third-order valence-corrected chi connectivity index (χ3v) is 2.35. The average molecular weight is 293 g/mol. The highest BCUT2D eigenvalue weighted by atomic mass is 16.6. The zero-order valence-electron chi connectivity index (χ0n) is 10.5. The standard InChI is InChI=1S/C10H7N5O6/c1-21-10(18)5-2-11-3-7(12-5)14-4-6(15(19)20)8(13-14)9(16)17/h2-4H,1H3,(H,16,17). The first-order valence-electron chi connectivity index (χ1n) is 5.32. The van der Waals surface area contributed by atoms with Gasteiger partial charge in [0, 0.05) is 0 Å². The molecule has 0 aromatic carbocycles. The Morgan fingerprint density at radius 3 is 2.67 bits per heavy atom. The summed E-state index contributed by atoms with van der Waals surface area (Å²) in [7, 11) is 1.15. The second-order valence-corrected chi connectivity index (χ2v) is 3.62. The summed E-state index contributed by atoms with van der Waals surface area (Å²) < 4.78 is 5.31. The van der Waals surface area contributed by atoms with Crippen molar-refractivity contribution in [2.75, 3.05) is 7.11 Å². The smallest absolute Gasteiger partial charge is 0.363 e. The molecule has 0 saturated heterocycles. The fourth-order valence-corrected chi connectivity index (χ4v) is 1.44. The summed E-state index contributed by atoms with van der Waals surface area (Å²) in [5.41, 5.74) is -1.59. The molecule has 0 spiro atoms. The SMILES string of the molecule is COC(=O)c1cncc(-n2cc([N+](=O)[O-])c(C(=O)O)n2)n1. The van der Waals surface area contributed by atoms with Crippen LogP contribution in [0, 0.1) is 10.1 Å². The van der Waals surface area contributed by atoms with Crippen LogP contribution in [0.3, 0.4) is 0 Å². The minimum atomic E-state index is -1.56. The average Bonchev–Trinajstić information content (AvgIpc) is 2.92. The molecule has 11 heteroatoms. The molecular weight excluding hydrogens is 286 g/mol. The molecule has 0 saturated carbocycles. The third kappa shape index (κ3) is 2.65. The van der Waals surface area contributed by atoms with E-state index in [1.807, 2.05) is 0 Å². The molecule has 0 aliphatic carbocycles. The lowest BCUT2D eigenvalue weighted by Crippen LogP contribution is -2.09. The zero-order valence-corrected chi connectivity index (χ0v) is 10.5. The summed E-state index contributed by atoms with van der Waals surface area (Å²) >= 11 is 0. The van der Waals surface area contributed by atoms with Crippen molar-refractivity contribution in [1.29, 1.82) is 0 Å². The van der Waals surface area contributed by atoms with Gasteiger partial charge in [-0.25, -0.2) is 19.3 Å². The van der Waals surface area contributed by atoms with Crippen LogP contribution in [-0.4, -0.2) is 48.8 Å². The molecule has 2 aromatic rings. The second-order valence-electron chi connectivity index (χ2n) is 3.62. The molecule has 108 valence electrons. The normalized spacial score (nSPS) is 10.1. The van der Waals surface area contributed by atoms with Crippen LogP contribution in [0.2, 0.25) is 0 Å². The minimum Gasteiger partial charge on any atom is -0.476 e. The number of hydrogen-bond donors (Lipinski definition) is 1. The maximum atomic E-state index is 11.3. The van der Waals surface area contributed by atoms with E-state index in [1.54, 1.807) is 0 Å². The molecule has 0 radical (unpaired) electrons. The van der Waals surface area contributed by atoms with Crippen molar-refractivity contribution in [3.05, 3.63) is 40.1 Å². The molecule has 0 amide bonds. The first-order valence-corrected chi connectivity index (χ1v) is 5.32. The molecule has 0 bridgehead atoms. The van der Waals surface area contributed by atoms with E-state index in [9.17, 15) is 19.7 Å². The highest BCUT2D eigenvalue weighted by Gasteiger charge is 2.26. The predicted octanol–water partition coefficient (Wildman–Crippen LogP) is 0.0553. The van der Waals surface area contributed by atoms with Gasteiger partial charge in [0.05, 0.1) is 24.4 Å². The topological polar surface area (TPSA) is 150 Å². The number of carbonyl (C=O) groups is 2. The van der Waals surface area contributed by atoms with Gasteiger partial charge in [-0.05, 0) is 0 Å². The summed E-state index contributed by atoms with van der Waals surface area (Å²) in [4.78, 5) is 39.7. The van der Waals surface area contributed by atoms with Crippen LogP contribution in [-0.2, 0) is 4.74 Å². The largest absolute Gasteiger partial charge is 0.476 e. The van der Waals surface area contributed by atoms with Gasteiger partial charge < -0.3 is 9.84 Å². The summed E-state index contributed by atoms with van der Waals surface area (Å²) in [5, 5.41) is 23.2. The number of aromatic carboxylic acids is 1. The molecule has 0 aliphatic rings. The van der Waals surface area contributed by atoms with Crippen LogP contribution < -0.4 is 0 Å². The van der Waals surface area contributed by atoms with Crippen LogP contribution in [0.1, 0.15) is 21.0 Å². The first-order chi connectivity index (χ1) is 9.93. The van der Waals surface area contributed by atoms with Gasteiger partial charge in [0.2, 0.25) is 5.69 Å². The molecule has 0 atom stereocenters. The molecule has 0 aliphatic heterocycles. The molecule has 21 heavy (non-hydrogen) atoms. The number of nitro groups is 1. The fourth-order valence-electron chi connectivity index (χ4n) is 1.44. The van der Waals surface area contributed by atoms with Gasteiger partial charge in [-0.15, -0.1) is 0 Å². The van der Waals surface area contributed by atoms with Crippen LogP contribution in [0.4, 0.5) is 5.69 Å². The Balaban J connectivity index is 2.52. The highest BCUT2D eigenvalue weighted by molar-refractivity contribution is 5.90. The lowest BCUT2D eigenvalue weighted by molar-refractivity contribution is -0.385. The number of methoxy groups -OCH3 is 1. The monoisotopic (exact) mass is 293 g/mol. The van der Waals surface area contributed by atoms with Gasteiger partial charge in [-0.1, -0.05) is 0 Å². The quantitative estimate of drug-likeness (QED) is 0.468. The first kappa shape index (κ1) is 14.0. The van der Waals surface area contributed by atoms with Crippen molar-refractivity contribution in [1.82, 2.24) is 19.7 Å². The van der Waals surface area contributed by atoms with E-state index < -0.39 is 28.2 Å². The number of rotatable bonds is 4. The summed E-state index contributed by atoms with van der Waals surface area (Å²) in [6.45, 7) is 0. The van der Waals surface area contributed by atoms with Gasteiger partial charge in [0.15, 0.2) is 11.5 Å². The summed E-state index contributed by atoms with van der Waals surface area (Å²) in [6.07, 6.45) is 3.16. The van der Waals surface area contributed by atoms with Gasteiger partial charge in [-0.3, -0.25) is 15.1 Å². The number of carboxylic acids is 1. The van der Waals surface area contributed by atoms with Crippen molar-refractivity contribution in [3.8, 4) is 5.82 Å². The number of aromatic nitrogens is 4. The van der Waals surface area contributed by atoms with Gasteiger partial charge in [-0.2, -0.15) is 5.10 Å². The number of esters is 1. The van der Waals surface area contributed by atoms with E-state index in [2.05, 4.69) is 19.8 Å². The molecule has 11 nitrogen and oxygen atoms in total. The number of hydrogen-bond acceptors (Lipinski definition) is 8. The molecular formula is C10H7N5O6. The Bertz CT molecular complexity index is 708. The van der Waals surface area contributed by atoms with Gasteiger partial charge >= 0.3 is 17.6 Å². The molecule has 2 aromatic heterocycles. The van der Waals surface area contributed by atoms with E-state index >= 15 is 0 Å². The Labute approximate surface area is 116 Å². The maximum absolute atomic E-state index is 11.3. The molecule has 2 rings (SSSR count). The molecule has 1 N–H and O–H groups in total. The Hall–Kier alpha value is -3.37. The van der Waals surface area contributed by atoms with Crippen molar-refractivity contribution in [2.45, 2.75) is 0 Å². The maximum Gasteiger partial charge on any atom is 0.363 e. The lowest BCUT2D eigenvalue weighted by Gasteiger charge is -2.01. The van der Waals surface area contributed by atoms with E-state index in [1.165, 1.54) is 0 Å². The van der Waals surface area contributed by atoms with E-state index in [0.717, 1.165) is 30.4 Å². The zero-order chi connectivity index (χ0) is 15.6. The summed E-state index contributed by atoms with van der Waals surface area (Å²) in [6, 6.07) is 0. The summed E-state index contributed by atoms with van der Waals surface area (Å²) in [5.74, 6) is -2.38. The minimum absolute atomic E-state index is 0.0616. The van der Waals surface area contributed by atoms with Crippen molar-refractivity contribution >= 4 is 17.6 Å². The Morgan fingerprint density at radius 2 is 2.14 bits per heavy atom. The number of ether oxygens (including phenoxy) is 1. The highest BCUT2D eigenvalue weighted by Crippen LogP contribution is 2.18. The van der Waals surface area contributed by atoms with Crippen LogP contribution in [0.25, 0.3) is 5.82 Å². The molecule has 0 unspecified atom stereocenters. The number of carboxylic acid groups (broad SMARTS) is 1. The van der Waals surface area contributed by atoms with E-state index in [0.29, 0.717) is 0 Å². The fraction of sp³-hybridized carbons (Fsp3) is 0.100. The van der Waals surface area contributed by atoms with Crippen LogP contribution in [0.5, 0.6) is 0 Å². The van der Waals surface area contributed by atoms with Gasteiger partial charge in [0.25, 0.3) is 0 Å². The van der Waals surface area contributed by atoms with Crippen LogP contribution in [0.15, 0.2) is 18.6 Å². The van der Waals surface area contributed by atoms with Crippen LogP contribution >= 0.6 is 0 Å². The number of nitrogens with zero attached hydrogens (tertiary/aromatic N) is 5. The second kappa shape index (κ2) is 5.32. The predicted molar refractivity (Wildman–Crippen MR) is 64.1 cm³/mol.